The Morgan fingerprint density at radius 1 is 1.00 bits per heavy atom. The minimum absolute atomic E-state index is 0.458. The maximum atomic E-state index is 5.77. The number of rotatable bonds is 10. The molecule has 0 fully saturated rings. The third-order valence-electron chi connectivity index (χ3n) is 2.50. The number of methoxy groups -OCH3 is 2. The quantitative estimate of drug-likeness (QED) is 0.490. The Hall–Kier alpha value is -0.970. The molecule has 0 radical (unpaired) electrons. The second-order valence-electron chi connectivity index (χ2n) is 3.93. The van der Waals surface area contributed by atoms with Gasteiger partial charge in [-0.15, -0.1) is 11.6 Å². The summed E-state index contributed by atoms with van der Waals surface area (Å²) >= 11 is 5.77. The van der Waals surface area contributed by atoms with Crippen LogP contribution in [0.3, 0.4) is 0 Å². The summed E-state index contributed by atoms with van der Waals surface area (Å²) in [4.78, 5) is 0. The lowest BCUT2D eigenvalue weighted by atomic mass is 10.2. The topological polar surface area (TPSA) is 36.9 Å². The van der Waals surface area contributed by atoms with Crippen LogP contribution in [-0.2, 0) is 15.4 Å². The van der Waals surface area contributed by atoms with E-state index in [0.717, 1.165) is 12.0 Å². The van der Waals surface area contributed by atoms with Crippen molar-refractivity contribution in [3.8, 4) is 11.5 Å². The van der Waals surface area contributed by atoms with Crippen LogP contribution in [-0.4, -0.2) is 40.6 Å². The molecule has 0 amide bonds. The monoisotopic (exact) mass is 288 g/mol. The fraction of sp³-hybridized carbons (Fsp3) is 0.571. The van der Waals surface area contributed by atoms with Crippen molar-refractivity contribution in [1.82, 2.24) is 0 Å². The van der Waals surface area contributed by atoms with Gasteiger partial charge in [-0.1, -0.05) is 6.07 Å². The van der Waals surface area contributed by atoms with Crippen LogP contribution in [0.1, 0.15) is 12.0 Å². The number of hydrogen-bond donors (Lipinski definition) is 0. The number of benzene rings is 1. The van der Waals surface area contributed by atoms with Crippen LogP contribution in [0.5, 0.6) is 11.5 Å². The summed E-state index contributed by atoms with van der Waals surface area (Å²) in [5.41, 5.74) is 1.00. The van der Waals surface area contributed by atoms with Gasteiger partial charge in [-0.2, -0.15) is 0 Å². The molecule has 0 N–H and O–H groups in total. The molecule has 5 heteroatoms. The van der Waals surface area contributed by atoms with Gasteiger partial charge in [-0.05, 0) is 24.1 Å². The predicted molar refractivity (Wildman–Crippen MR) is 75.4 cm³/mol. The van der Waals surface area contributed by atoms with Crippen LogP contribution < -0.4 is 9.47 Å². The van der Waals surface area contributed by atoms with Gasteiger partial charge in [-0.25, -0.2) is 0 Å². The van der Waals surface area contributed by atoms with Gasteiger partial charge >= 0.3 is 0 Å². The molecule has 0 aliphatic heterocycles. The standard InChI is InChI=1S/C14H21ClO4/c1-16-6-3-7-18-8-9-19-13-5-4-12(11-15)10-14(13)17-2/h4-5,10H,3,6-9,11H2,1-2H3. The van der Waals surface area contributed by atoms with E-state index in [2.05, 4.69) is 0 Å². The first-order chi connectivity index (χ1) is 9.31. The van der Waals surface area contributed by atoms with Crippen molar-refractivity contribution in [2.24, 2.45) is 0 Å². The maximum absolute atomic E-state index is 5.77. The maximum Gasteiger partial charge on any atom is 0.161 e. The Labute approximate surface area is 119 Å². The van der Waals surface area contributed by atoms with E-state index in [1.807, 2.05) is 18.2 Å². The molecule has 1 rings (SSSR count). The summed E-state index contributed by atoms with van der Waals surface area (Å²) in [6.07, 6.45) is 0.893. The number of alkyl halides is 1. The predicted octanol–water partition coefficient (Wildman–Crippen LogP) is 2.87. The van der Waals surface area contributed by atoms with E-state index >= 15 is 0 Å². The molecule has 0 unspecified atom stereocenters. The van der Waals surface area contributed by atoms with E-state index in [9.17, 15) is 0 Å². The average molecular weight is 289 g/mol. The van der Waals surface area contributed by atoms with Gasteiger partial charge in [0, 0.05) is 26.2 Å². The number of ether oxygens (including phenoxy) is 4. The van der Waals surface area contributed by atoms with Crippen molar-refractivity contribution in [3.05, 3.63) is 23.8 Å². The van der Waals surface area contributed by atoms with Crippen molar-refractivity contribution >= 4 is 11.6 Å². The van der Waals surface area contributed by atoms with E-state index < -0.39 is 0 Å². The number of halogens is 1. The minimum atomic E-state index is 0.458. The Balaban J connectivity index is 2.28. The molecule has 0 aliphatic rings. The van der Waals surface area contributed by atoms with Crippen molar-refractivity contribution < 1.29 is 18.9 Å². The van der Waals surface area contributed by atoms with Crippen LogP contribution in [0.2, 0.25) is 0 Å². The van der Waals surface area contributed by atoms with Crippen LogP contribution in [0.4, 0.5) is 0 Å². The van der Waals surface area contributed by atoms with Gasteiger partial charge in [0.1, 0.15) is 6.61 Å². The van der Waals surface area contributed by atoms with Crippen LogP contribution in [0.25, 0.3) is 0 Å². The molecule has 0 saturated carbocycles. The molecule has 4 nitrogen and oxygen atoms in total. The zero-order valence-corrected chi connectivity index (χ0v) is 12.2. The van der Waals surface area contributed by atoms with Gasteiger partial charge in [0.25, 0.3) is 0 Å². The van der Waals surface area contributed by atoms with E-state index in [1.54, 1.807) is 14.2 Å². The molecule has 108 valence electrons. The average Bonchev–Trinajstić information content (AvgIpc) is 2.46. The summed E-state index contributed by atoms with van der Waals surface area (Å²) in [5.74, 6) is 1.86. The first kappa shape index (κ1) is 16.1. The highest BCUT2D eigenvalue weighted by Gasteiger charge is 2.05. The lowest BCUT2D eigenvalue weighted by molar-refractivity contribution is 0.0799. The fourth-order valence-electron chi connectivity index (χ4n) is 1.53. The Morgan fingerprint density at radius 3 is 2.53 bits per heavy atom. The van der Waals surface area contributed by atoms with Crippen molar-refractivity contribution in [2.75, 3.05) is 40.6 Å². The lowest BCUT2D eigenvalue weighted by Gasteiger charge is -2.11. The van der Waals surface area contributed by atoms with Crippen LogP contribution in [0, 0.1) is 0 Å². The zero-order chi connectivity index (χ0) is 13.9. The highest BCUT2D eigenvalue weighted by Crippen LogP contribution is 2.28. The van der Waals surface area contributed by atoms with E-state index in [4.69, 9.17) is 30.5 Å². The molecule has 1 aromatic carbocycles. The van der Waals surface area contributed by atoms with E-state index in [0.29, 0.717) is 43.8 Å². The van der Waals surface area contributed by atoms with Gasteiger partial charge in [-0.3, -0.25) is 0 Å². The summed E-state index contributed by atoms with van der Waals surface area (Å²) in [6.45, 7) is 2.43. The number of hydrogen-bond acceptors (Lipinski definition) is 4. The SMILES string of the molecule is COCCCOCCOc1ccc(CCl)cc1OC. The fourth-order valence-corrected chi connectivity index (χ4v) is 1.70. The molecule has 0 bridgehead atoms. The van der Waals surface area contributed by atoms with Crippen LogP contribution >= 0.6 is 11.6 Å². The summed E-state index contributed by atoms with van der Waals surface area (Å²) in [5, 5.41) is 0. The van der Waals surface area contributed by atoms with Crippen LogP contribution in [0.15, 0.2) is 18.2 Å². The summed E-state index contributed by atoms with van der Waals surface area (Å²) in [6, 6.07) is 5.66. The molecular weight excluding hydrogens is 268 g/mol. The Morgan fingerprint density at radius 2 is 1.84 bits per heavy atom. The highest BCUT2D eigenvalue weighted by atomic mass is 35.5. The zero-order valence-electron chi connectivity index (χ0n) is 11.5. The largest absolute Gasteiger partial charge is 0.493 e. The van der Waals surface area contributed by atoms with Crippen molar-refractivity contribution in [2.45, 2.75) is 12.3 Å². The second kappa shape index (κ2) is 9.89. The van der Waals surface area contributed by atoms with E-state index in [1.165, 1.54) is 0 Å². The minimum Gasteiger partial charge on any atom is -0.493 e. The first-order valence-corrected chi connectivity index (χ1v) is 6.77. The molecule has 0 aliphatic carbocycles. The third kappa shape index (κ3) is 6.14. The van der Waals surface area contributed by atoms with Gasteiger partial charge in [0.15, 0.2) is 11.5 Å². The lowest BCUT2D eigenvalue weighted by Crippen LogP contribution is -2.09. The molecule has 0 heterocycles. The van der Waals surface area contributed by atoms with Gasteiger partial charge < -0.3 is 18.9 Å². The highest BCUT2D eigenvalue weighted by molar-refractivity contribution is 6.17. The third-order valence-corrected chi connectivity index (χ3v) is 2.81. The van der Waals surface area contributed by atoms with Gasteiger partial charge in [0.05, 0.1) is 13.7 Å². The molecule has 1 aromatic rings. The Kier molecular flexibility index (Phi) is 8.38. The van der Waals surface area contributed by atoms with Crippen molar-refractivity contribution in [3.63, 3.8) is 0 Å². The van der Waals surface area contributed by atoms with Gasteiger partial charge in [0.2, 0.25) is 0 Å². The second-order valence-corrected chi connectivity index (χ2v) is 4.19. The van der Waals surface area contributed by atoms with Crippen molar-refractivity contribution in [1.29, 1.82) is 0 Å². The smallest absolute Gasteiger partial charge is 0.161 e. The molecule has 19 heavy (non-hydrogen) atoms. The molecule has 0 saturated heterocycles. The molecule has 0 atom stereocenters. The van der Waals surface area contributed by atoms with E-state index in [-0.39, 0.29) is 0 Å². The summed E-state index contributed by atoms with van der Waals surface area (Å²) in [7, 11) is 3.29. The normalized spacial score (nSPS) is 10.5. The molecule has 0 spiro atoms. The molecular formula is C14H21ClO4. The first-order valence-electron chi connectivity index (χ1n) is 6.24. The molecule has 0 aromatic heterocycles. The Bertz CT molecular complexity index is 357. The summed E-state index contributed by atoms with van der Waals surface area (Å²) < 4.78 is 21.2.